The number of halogens is 1. The van der Waals surface area contributed by atoms with E-state index >= 15 is 0 Å². The molecule has 0 amide bonds. The average molecular weight is 241 g/mol. The lowest BCUT2D eigenvalue weighted by atomic mass is 10.2. The van der Waals surface area contributed by atoms with Gasteiger partial charge >= 0.3 is 5.97 Å². The van der Waals surface area contributed by atoms with Crippen molar-refractivity contribution in [2.75, 3.05) is 5.75 Å². The Morgan fingerprint density at radius 1 is 1.60 bits per heavy atom. The van der Waals surface area contributed by atoms with Gasteiger partial charge in [-0.15, -0.1) is 17.7 Å². The van der Waals surface area contributed by atoms with Crippen LogP contribution in [0.25, 0.3) is 0 Å². The average Bonchev–Trinajstić information content (AvgIpc) is 2.20. The van der Waals surface area contributed by atoms with Crippen LogP contribution in [-0.2, 0) is 0 Å². The van der Waals surface area contributed by atoms with Gasteiger partial charge < -0.3 is 5.11 Å². The van der Waals surface area contributed by atoms with Crippen molar-refractivity contribution in [1.29, 1.82) is 0 Å². The van der Waals surface area contributed by atoms with Gasteiger partial charge in [-0.1, -0.05) is 17.5 Å². The maximum absolute atomic E-state index is 10.8. The Bertz CT molecular complexity index is 432. The van der Waals surface area contributed by atoms with Gasteiger partial charge in [0.05, 0.1) is 16.3 Å². The number of carboxylic acids is 1. The molecule has 4 heteroatoms. The van der Waals surface area contributed by atoms with E-state index in [-0.39, 0.29) is 10.6 Å². The number of carbonyl (C=O) groups is 1. The largest absolute Gasteiger partial charge is 0.478 e. The van der Waals surface area contributed by atoms with Crippen LogP contribution in [-0.4, -0.2) is 16.8 Å². The number of hydrogen-bond acceptors (Lipinski definition) is 2. The predicted octanol–water partition coefficient (Wildman–Crippen LogP) is 3.15. The summed E-state index contributed by atoms with van der Waals surface area (Å²) in [4.78, 5) is 11.6. The van der Waals surface area contributed by atoms with Gasteiger partial charge in [0.1, 0.15) is 0 Å². The fourth-order valence-corrected chi connectivity index (χ4v) is 1.90. The normalized spacial score (nSPS) is 9.20. The molecule has 1 N–H and O–H groups in total. The number of thioether (sulfide) groups is 1. The van der Waals surface area contributed by atoms with Crippen molar-refractivity contribution in [1.82, 2.24) is 0 Å². The Labute approximate surface area is 97.6 Å². The molecule has 1 aromatic rings. The van der Waals surface area contributed by atoms with E-state index in [2.05, 4.69) is 11.8 Å². The first kappa shape index (κ1) is 12.0. The molecule has 0 atom stereocenters. The van der Waals surface area contributed by atoms with Gasteiger partial charge in [-0.3, -0.25) is 0 Å². The summed E-state index contributed by atoms with van der Waals surface area (Å²) in [5.74, 6) is 5.31. The zero-order valence-corrected chi connectivity index (χ0v) is 9.65. The zero-order valence-electron chi connectivity index (χ0n) is 8.08. The highest BCUT2D eigenvalue weighted by molar-refractivity contribution is 7.99. The second-order valence-electron chi connectivity index (χ2n) is 2.66. The Kier molecular flexibility index (Phi) is 4.54. The lowest BCUT2D eigenvalue weighted by molar-refractivity contribution is 0.0697. The van der Waals surface area contributed by atoms with Gasteiger partial charge in [0.2, 0.25) is 0 Å². The van der Waals surface area contributed by atoms with Crippen molar-refractivity contribution >= 4 is 29.3 Å². The third-order valence-corrected chi connectivity index (χ3v) is 2.86. The molecule has 0 heterocycles. The molecular formula is C11H9ClO2S. The molecule has 78 valence electrons. The summed E-state index contributed by atoms with van der Waals surface area (Å²) in [6.45, 7) is 1.77. The molecular weight excluding hydrogens is 232 g/mol. The van der Waals surface area contributed by atoms with E-state index in [1.807, 2.05) is 0 Å². The minimum absolute atomic E-state index is 0.131. The first-order valence-corrected chi connectivity index (χ1v) is 5.56. The molecule has 2 nitrogen and oxygen atoms in total. The Balaban J connectivity index is 2.86. The summed E-state index contributed by atoms with van der Waals surface area (Å²) < 4.78 is 0. The van der Waals surface area contributed by atoms with Crippen molar-refractivity contribution < 1.29 is 9.90 Å². The van der Waals surface area contributed by atoms with E-state index in [1.54, 1.807) is 25.1 Å². The quantitative estimate of drug-likeness (QED) is 0.652. The van der Waals surface area contributed by atoms with E-state index in [0.717, 1.165) is 4.90 Å². The highest BCUT2D eigenvalue weighted by Gasteiger charge is 2.08. The van der Waals surface area contributed by atoms with Gasteiger partial charge in [-0.05, 0) is 25.1 Å². The Hall–Kier alpha value is -1.11. The molecule has 0 radical (unpaired) electrons. The number of carboxylic acid groups (broad SMARTS) is 1. The fourth-order valence-electron chi connectivity index (χ4n) is 0.950. The Morgan fingerprint density at radius 3 is 2.93 bits per heavy atom. The van der Waals surface area contributed by atoms with Crippen molar-refractivity contribution in [2.45, 2.75) is 11.8 Å². The number of hydrogen-bond donors (Lipinski definition) is 1. The summed E-state index contributed by atoms with van der Waals surface area (Å²) in [6, 6.07) is 4.94. The number of benzene rings is 1. The zero-order chi connectivity index (χ0) is 11.3. The van der Waals surface area contributed by atoms with Gasteiger partial charge in [-0.25, -0.2) is 4.79 Å². The molecule has 0 aromatic heterocycles. The first-order chi connectivity index (χ1) is 7.15. The minimum Gasteiger partial charge on any atom is -0.478 e. The lowest BCUT2D eigenvalue weighted by Gasteiger charge is -2.01. The van der Waals surface area contributed by atoms with Crippen LogP contribution in [0.5, 0.6) is 0 Å². The minimum atomic E-state index is -1.01. The van der Waals surface area contributed by atoms with Crippen molar-refractivity contribution in [3.63, 3.8) is 0 Å². The molecule has 0 bridgehead atoms. The topological polar surface area (TPSA) is 37.3 Å². The SMILES string of the molecule is CC#CCSc1ccc(Cl)c(C(=O)O)c1. The third-order valence-electron chi connectivity index (χ3n) is 1.66. The highest BCUT2D eigenvalue weighted by Crippen LogP contribution is 2.24. The van der Waals surface area contributed by atoms with Crippen LogP contribution in [0.4, 0.5) is 0 Å². The van der Waals surface area contributed by atoms with Crippen molar-refractivity contribution in [2.24, 2.45) is 0 Å². The van der Waals surface area contributed by atoms with Crippen molar-refractivity contribution in [3.05, 3.63) is 28.8 Å². The maximum atomic E-state index is 10.8. The first-order valence-electron chi connectivity index (χ1n) is 4.20. The second kappa shape index (κ2) is 5.69. The van der Waals surface area contributed by atoms with Crippen LogP contribution < -0.4 is 0 Å². The second-order valence-corrected chi connectivity index (χ2v) is 4.12. The Morgan fingerprint density at radius 2 is 2.33 bits per heavy atom. The summed E-state index contributed by atoms with van der Waals surface area (Å²) in [6.07, 6.45) is 0. The summed E-state index contributed by atoms with van der Waals surface area (Å²) in [5.41, 5.74) is 0.131. The molecule has 0 aliphatic heterocycles. The number of rotatable bonds is 3. The highest BCUT2D eigenvalue weighted by atomic mass is 35.5. The molecule has 0 spiro atoms. The van der Waals surface area contributed by atoms with Gasteiger partial charge in [0, 0.05) is 4.90 Å². The van der Waals surface area contributed by atoms with Crippen LogP contribution in [0.15, 0.2) is 23.1 Å². The van der Waals surface area contributed by atoms with Crippen LogP contribution in [0.3, 0.4) is 0 Å². The molecule has 0 unspecified atom stereocenters. The van der Waals surface area contributed by atoms with Crippen LogP contribution in [0, 0.1) is 11.8 Å². The monoisotopic (exact) mass is 240 g/mol. The van der Waals surface area contributed by atoms with E-state index in [9.17, 15) is 4.79 Å². The molecule has 15 heavy (non-hydrogen) atoms. The molecule has 1 rings (SSSR count). The number of aromatic carboxylic acids is 1. The maximum Gasteiger partial charge on any atom is 0.337 e. The third kappa shape index (κ3) is 3.50. The van der Waals surface area contributed by atoms with E-state index < -0.39 is 5.97 Å². The fraction of sp³-hybridized carbons (Fsp3) is 0.182. The summed E-state index contributed by atoms with van der Waals surface area (Å²) >= 11 is 7.22. The van der Waals surface area contributed by atoms with Crippen LogP contribution >= 0.6 is 23.4 Å². The lowest BCUT2D eigenvalue weighted by Crippen LogP contribution is -1.97. The van der Waals surface area contributed by atoms with E-state index in [1.165, 1.54) is 11.8 Å². The van der Waals surface area contributed by atoms with Crippen LogP contribution in [0.2, 0.25) is 5.02 Å². The van der Waals surface area contributed by atoms with E-state index in [4.69, 9.17) is 16.7 Å². The van der Waals surface area contributed by atoms with Crippen molar-refractivity contribution in [3.8, 4) is 11.8 Å². The predicted molar refractivity (Wildman–Crippen MR) is 62.6 cm³/mol. The molecule has 1 aromatic carbocycles. The van der Waals surface area contributed by atoms with Gasteiger partial charge in [0.15, 0.2) is 0 Å². The summed E-state index contributed by atoms with van der Waals surface area (Å²) in [7, 11) is 0. The molecule has 0 fully saturated rings. The molecule has 0 aliphatic rings. The molecule has 0 saturated heterocycles. The van der Waals surface area contributed by atoms with E-state index in [0.29, 0.717) is 5.75 Å². The molecule has 0 aliphatic carbocycles. The van der Waals surface area contributed by atoms with Gasteiger partial charge in [-0.2, -0.15) is 0 Å². The van der Waals surface area contributed by atoms with Crippen LogP contribution in [0.1, 0.15) is 17.3 Å². The standard InChI is InChI=1S/C11H9ClO2S/c1-2-3-6-15-8-4-5-10(12)9(7-8)11(13)14/h4-5,7H,6H2,1H3,(H,13,14). The smallest absolute Gasteiger partial charge is 0.337 e. The summed E-state index contributed by atoms with van der Waals surface area (Å²) in [5, 5.41) is 9.10. The molecule has 0 saturated carbocycles. The van der Waals surface area contributed by atoms with Gasteiger partial charge in [0.25, 0.3) is 0 Å².